The zero-order chi connectivity index (χ0) is 14.8. The molecule has 2 atom stereocenters. The van der Waals surface area contributed by atoms with Crippen LogP contribution in [-0.2, 0) is 19.1 Å². The fourth-order valence-electron chi connectivity index (χ4n) is 3.26. The van der Waals surface area contributed by atoms with Crippen LogP contribution in [0, 0.1) is 11.8 Å². The molecule has 0 aromatic heterocycles. The van der Waals surface area contributed by atoms with Crippen LogP contribution < -0.4 is 12.4 Å². The van der Waals surface area contributed by atoms with Gasteiger partial charge in [-0.1, -0.05) is 13.8 Å². The zero-order valence-electron chi connectivity index (χ0n) is 13.1. The number of ether oxygens (including phenoxy) is 2. The molecule has 3 rings (SSSR count). The minimum atomic E-state index is -0.210. The van der Waals surface area contributed by atoms with Gasteiger partial charge in [0.15, 0.2) is 6.10 Å². The van der Waals surface area contributed by atoms with Crippen LogP contribution >= 0.6 is 0 Å². The smallest absolute Gasteiger partial charge is 0.312 e. The summed E-state index contributed by atoms with van der Waals surface area (Å²) in [6, 6.07) is 0. The number of carbonyl (C=O) groups is 2. The van der Waals surface area contributed by atoms with Gasteiger partial charge >= 0.3 is 11.9 Å². The van der Waals surface area contributed by atoms with Gasteiger partial charge in [-0.05, 0) is 6.42 Å². The number of carbonyl (C=O) groups excluding carboxylic acids is 2. The molecule has 0 aromatic rings. The maximum Gasteiger partial charge on any atom is 0.312 e. The van der Waals surface area contributed by atoms with Gasteiger partial charge in [0.1, 0.15) is 6.54 Å². The molecule has 122 valence electrons. The van der Waals surface area contributed by atoms with Gasteiger partial charge in [-0.3, -0.25) is 14.1 Å². The number of rotatable bonds is 5. The van der Waals surface area contributed by atoms with Crippen LogP contribution in [-0.4, -0.2) is 48.9 Å². The van der Waals surface area contributed by atoms with Crippen molar-refractivity contribution in [3.8, 4) is 0 Å². The van der Waals surface area contributed by atoms with Gasteiger partial charge in [-0.2, -0.15) is 0 Å². The Labute approximate surface area is 133 Å². The van der Waals surface area contributed by atoms with Crippen molar-refractivity contribution in [2.45, 2.75) is 46.1 Å². The summed E-state index contributed by atoms with van der Waals surface area (Å²) in [7, 11) is 0. The summed E-state index contributed by atoms with van der Waals surface area (Å²) in [4.78, 5) is 23.0. The summed E-state index contributed by atoms with van der Waals surface area (Å²) in [6.45, 7) is 8.61. The molecule has 3 heterocycles. The predicted octanol–water partition coefficient (Wildman–Crippen LogP) is -1.29. The monoisotopic (exact) mass is 319 g/mol. The number of hydrogen-bond donors (Lipinski definition) is 0. The Morgan fingerprint density at radius 3 is 2.43 bits per heavy atom. The molecule has 0 spiro atoms. The molecule has 3 aliphatic heterocycles. The van der Waals surface area contributed by atoms with Crippen LogP contribution in [0.3, 0.4) is 0 Å². The van der Waals surface area contributed by atoms with Crippen molar-refractivity contribution < 1.29 is 36.0 Å². The standard InChI is InChI=1S/C15H26NO4.ClH/c1-4-11(2)15(18)19-10-16-7-5-13(6-8-16)14(9-16)20-12(3)17;/h11,13-14H,4-10H2,1-3H3;1H/q+1;/p-1. The van der Waals surface area contributed by atoms with Gasteiger partial charge in [-0.25, -0.2) is 0 Å². The van der Waals surface area contributed by atoms with E-state index in [-0.39, 0.29) is 36.4 Å². The average Bonchev–Trinajstić information content (AvgIpc) is 2.44. The molecule has 0 aliphatic carbocycles. The van der Waals surface area contributed by atoms with Gasteiger partial charge in [0, 0.05) is 25.7 Å². The van der Waals surface area contributed by atoms with Crippen LogP contribution in [0.4, 0.5) is 0 Å². The Bertz CT molecular complexity index is 380. The van der Waals surface area contributed by atoms with E-state index in [0.29, 0.717) is 12.6 Å². The van der Waals surface area contributed by atoms with Gasteiger partial charge in [0.2, 0.25) is 6.73 Å². The van der Waals surface area contributed by atoms with E-state index in [0.717, 1.165) is 43.4 Å². The van der Waals surface area contributed by atoms with Gasteiger partial charge in [-0.15, -0.1) is 0 Å². The Balaban J connectivity index is 0.00000220. The first-order valence-corrected chi connectivity index (χ1v) is 7.65. The fraction of sp³-hybridized carbons (Fsp3) is 0.867. The van der Waals surface area contributed by atoms with E-state index in [4.69, 9.17) is 9.47 Å². The topological polar surface area (TPSA) is 52.6 Å². The molecule has 21 heavy (non-hydrogen) atoms. The average molecular weight is 320 g/mol. The SMILES string of the molecule is CCC(C)C(=O)OC[N+]12CCC(CC1)C(OC(C)=O)C2.[Cl-]. The Hall–Kier alpha value is -0.810. The second-order valence-electron chi connectivity index (χ2n) is 6.36. The van der Waals surface area contributed by atoms with Crippen LogP contribution in [0.25, 0.3) is 0 Å². The molecule has 0 N–H and O–H groups in total. The summed E-state index contributed by atoms with van der Waals surface area (Å²) in [5.41, 5.74) is 0. The van der Waals surface area contributed by atoms with Crippen molar-refractivity contribution in [1.82, 2.24) is 0 Å². The molecular formula is C15H26ClNO4. The molecule has 6 heteroatoms. The van der Waals surface area contributed by atoms with E-state index in [1.807, 2.05) is 13.8 Å². The number of quaternary nitrogens is 1. The molecule has 5 nitrogen and oxygen atoms in total. The third kappa shape index (κ3) is 4.33. The molecule has 2 bridgehead atoms. The summed E-state index contributed by atoms with van der Waals surface area (Å²) in [5.74, 6) is 0.124. The molecule has 2 unspecified atom stereocenters. The van der Waals surface area contributed by atoms with E-state index in [1.165, 1.54) is 6.92 Å². The number of piperidine rings is 3. The lowest BCUT2D eigenvalue weighted by molar-refractivity contribution is -0.960. The van der Waals surface area contributed by atoms with Crippen molar-refractivity contribution >= 4 is 11.9 Å². The number of fused-ring (bicyclic) bond motifs is 3. The highest BCUT2D eigenvalue weighted by Gasteiger charge is 2.48. The maximum absolute atomic E-state index is 11.8. The molecule has 3 saturated heterocycles. The lowest BCUT2D eigenvalue weighted by Gasteiger charge is -2.51. The van der Waals surface area contributed by atoms with E-state index in [9.17, 15) is 9.59 Å². The van der Waals surface area contributed by atoms with Crippen LogP contribution in [0.2, 0.25) is 0 Å². The number of esters is 2. The lowest BCUT2D eigenvalue weighted by atomic mass is 9.83. The van der Waals surface area contributed by atoms with Crippen LogP contribution in [0.1, 0.15) is 40.0 Å². The summed E-state index contributed by atoms with van der Waals surface area (Å²) in [6.07, 6.45) is 2.91. The quantitative estimate of drug-likeness (QED) is 0.467. The minimum absolute atomic E-state index is 0. The fourth-order valence-corrected chi connectivity index (χ4v) is 3.26. The van der Waals surface area contributed by atoms with Gasteiger partial charge in [0.25, 0.3) is 0 Å². The second-order valence-corrected chi connectivity index (χ2v) is 6.36. The third-order valence-electron chi connectivity index (χ3n) is 4.85. The van der Waals surface area contributed by atoms with Crippen molar-refractivity contribution in [1.29, 1.82) is 0 Å². The molecule has 0 saturated carbocycles. The Morgan fingerprint density at radius 2 is 1.90 bits per heavy atom. The molecule has 0 aromatic carbocycles. The highest BCUT2D eigenvalue weighted by atomic mass is 35.5. The predicted molar refractivity (Wildman–Crippen MR) is 73.6 cm³/mol. The van der Waals surface area contributed by atoms with Gasteiger partial charge in [0.05, 0.1) is 19.0 Å². The molecule has 3 aliphatic rings. The summed E-state index contributed by atoms with van der Waals surface area (Å²) in [5, 5.41) is 0. The van der Waals surface area contributed by atoms with Crippen molar-refractivity contribution in [3.63, 3.8) is 0 Å². The normalized spacial score (nSPS) is 32.0. The number of hydrogen-bond acceptors (Lipinski definition) is 4. The van der Waals surface area contributed by atoms with Crippen LogP contribution in [0.15, 0.2) is 0 Å². The number of nitrogens with zero attached hydrogens (tertiary/aromatic N) is 1. The minimum Gasteiger partial charge on any atom is -1.00 e. The third-order valence-corrected chi connectivity index (χ3v) is 4.85. The Kier molecular flexibility index (Phi) is 6.47. The molecular weight excluding hydrogens is 294 g/mol. The summed E-state index contributed by atoms with van der Waals surface area (Å²) < 4.78 is 11.7. The van der Waals surface area contributed by atoms with E-state index >= 15 is 0 Å². The van der Waals surface area contributed by atoms with E-state index in [1.54, 1.807) is 0 Å². The first-order valence-electron chi connectivity index (χ1n) is 7.65. The lowest BCUT2D eigenvalue weighted by Crippen LogP contribution is -3.00. The molecule has 0 radical (unpaired) electrons. The van der Waals surface area contributed by atoms with Crippen molar-refractivity contribution in [2.24, 2.45) is 11.8 Å². The first kappa shape index (κ1) is 18.2. The Morgan fingerprint density at radius 1 is 1.29 bits per heavy atom. The molecule has 0 amide bonds. The van der Waals surface area contributed by atoms with Gasteiger partial charge < -0.3 is 21.9 Å². The van der Waals surface area contributed by atoms with E-state index < -0.39 is 0 Å². The maximum atomic E-state index is 11.8. The first-order chi connectivity index (χ1) is 9.46. The largest absolute Gasteiger partial charge is 1.00 e. The summed E-state index contributed by atoms with van der Waals surface area (Å²) >= 11 is 0. The van der Waals surface area contributed by atoms with E-state index in [2.05, 4.69) is 0 Å². The number of halogens is 1. The van der Waals surface area contributed by atoms with Crippen LogP contribution in [0.5, 0.6) is 0 Å². The highest BCUT2D eigenvalue weighted by molar-refractivity contribution is 5.71. The molecule has 3 fully saturated rings. The van der Waals surface area contributed by atoms with Crippen molar-refractivity contribution in [3.05, 3.63) is 0 Å². The van der Waals surface area contributed by atoms with Crippen molar-refractivity contribution in [2.75, 3.05) is 26.4 Å². The zero-order valence-corrected chi connectivity index (χ0v) is 13.9. The highest BCUT2D eigenvalue weighted by Crippen LogP contribution is 2.35. The second kappa shape index (κ2) is 7.45.